The summed E-state index contributed by atoms with van der Waals surface area (Å²) in [5.41, 5.74) is 1.74. The van der Waals surface area contributed by atoms with Crippen LogP contribution in [0.25, 0.3) is 0 Å². The lowest BCUT2D eigenvalue weighted by Gasteiger charge is -2.35. The molecule has 18 heavy (non-hydrogen) atoms. The molecule has 1 fully saturated rings. The summed E-state index contributed by atoms with van der Waals surface area (Å²) in [6.07, 6.45) is 7.62. The number of aromatic nitrogens is 1. The van der Waals surface area contributed by atoms with E-state index in [0.29, 0.717) is 11.6 Å². The third-order valence-corrected chi connectivity index (χ3v) is 4.08. The fraction of sp³-hybridized carbons (Fsp3) is 0.600. The fourth-order valence-electron chi connectivity index (χ4n) is 2.83. The molecule has 1 aliphatic rings. The highest BCUT2D eigenvalue weighted by molar-refractivity contribution is 5.75. The second-order valence-corrected chi connectivity index (χ2v) is 5.55. The zero-order valence-electron chi connectivity index (χ0n) is 11.5. The number of rotatable bonds is 3. The van der Waals surface area contributed by atoms with Crippen molar-refractivity contribution in [3.63, 3.8) is 0 Å². The van der Waals surface area contributed by atoms with Crippen LogP contribution in [-0.2, 0) is 0 Å². The number of carbonyl (C=O) groups excluding carboxylic acids is 1. The van der Waals surface area contributed by atoms with Crippen LogP contribution in [0.5, 0.6) is 0 Å². The van der Waals surface area contributed by atoms with E-state index >= 15 is 0 Å². The van der Waals surface area contributed by atoms with Crippen LogP contribution in [0.3, 0.4) is 0 Å². The van der Waals surface area contributed by atoms with Gasteiger partial charge in [0.1, 0.15) is 5.82 Å². The molecular formula is C15H22N2O. The number of carbonyl (C=O) groups is 1. The summed E-state index contributed by atoms with van der Waals surface area (Å²) in [4.78, 5) is 17.4. The molecule has 0 bridgehead atoms. The largest absolute Gasteiger partial charge is 0.356 e. The van der Waals surface area contributed by atoms with Crippen molar-refractivity contribution in [1.29, 1.82) is 0 Å². The Morgan fingerprint density at radius 2 is 2.00 bits per heavy atom. The molecule has 0 amide bonds. The Kier molecular flexibility index (Phi) is 4.00. The first-order valence-electron chi connectivity index (χ1n) is 6.76. The summed E-state index contributed by atoms with van der Waals surface area (Å²) in [5.74, 6) is 1.88. The van der Waals surface area contributed by atoms with Gasteiger partial charge in [0.15, 0.2) is 6.29 Å². The Labute approximate surface area is 109 Å². The minimum absolute atomic E-state index is 0.592. The van der Waals surface area contributed by atoms with Crippen molar-refractivity contribution in [3.05, 3.63) is 23.4 Å². The zero-order valence-corrected chi connectivity index (χ0v) is 11.5. The average molecular weight is 246 g/mol. The van der Waals surface area contributed by atoms with Gasteiger partial charge < -0.3 is 4.90 Å². The second kappa shape index (κ2) is 5.51. The number of hydrogen-bond acceptors (Lipinski definition) is 3. The molecule has 0 aliphatic heterocycles. The highest BCUT2D eigenvalue weighted by atomic mass is 16.1. The molecule has 0 radical (unpaired) electrons. The Balaban J connectivity index is 2.13. The molecule has 2 rings (SSSR count). The average Bonchev–Trinajstić information content (AvgIpc) is 2.38. The van der Waals surface area contributed by atoms with E-state index in [-0.39, 0.29) is 0 Å². The van der Waals surface area contributed by atoms with Crippen molar-refractivity contribution < 1.29 is 4.79 Å². The maximum atomic E-state index is 10.7. The van der Waals surface area contributed by atoms with E-state index in [1.54, 1.807) is 6.20 Å². The van der Waals surface area contributed by atoms with E-state index in [9.17, 15) is 4.79 Å². The van der Waals surface area contributed by atoms with Crippen molar-refractivity contribution in [2.75, 3.05) is 11.9 Å². The number of nitrogens with zero attached hydrogens (tertiary/aromatic N) is 2. The Morgan fingerprint density at radius 3 is 2.56 bits per heavy atom. The first-order chi connectivity index (χ1) is 8.61. The third-order valence-electron chi connectivity index (χ3n) is 4.08. The standard InChI is InChI=1S/C15H22N2O/c1-11-4-6-14(7-5-11)17(3)15-12(2)8-13(10-18)9-16-15/h8-11,14H,4-7H2,1-3H3. The van der Waals surface area contributed by atoms with Crippen LogP contribution < -0.4 is 4.90 Å². The summed E-state index contributed by atoms with van der Waals surface area (Å²) >= 11 is 0. The van der Waals surface area contributed by atoms with Crippen molar-refractivity contribution in [2.24, 2.45) is 5.92 Å². The minimum atomic E-state index is 0.592. The third kappa shape index (κ3) is 2.71. The fourth-order valence-corrected chi connectivity index (χ4v) is 2.83. The monoisotopic (exact) mass is 246 g/mol. The van der Waals surface area contributed by atoms with Gasteiger partial charge in [0.2, 0.25) is 0 Å². The molecule has 0 atom stereocenters. The summed E-state index contributed by atoms with van der Waals surface area (Å²) in [6.45, 7) is 4.36. The lowest BCUT2D eigenvalue weighted by molar-refractivity contribution is 0.112. The van der Waals surface area contributed by atoms with E-state index in [1.807, 2.05) is 13.0 Å². The normalized spacial score (nSPS) is 23.7. The highest BCUT2D eigenvalue weighted by Gasteiger charge is 2.23. The molecule has 0 N–H and O–H groups in total. The van der Waals surface area contributed by atoms with Crippen molar-refractivity contribution in [1.82, 2.24) is 4.98 Å². The molecule has 1 aromatic rings. The molecule has 0 saturated heterocycles. The van der Waals surface area contributed by atoms with Gasteiger partial charge in [-0.2, -0.15) is 0 Å². The van der Waals surface area contributed by atoms with Gasteiger partial charge in [0.25, 0.3) is 0 Å². The maximum Gasteiger partial charge on any atom is 0.151 e. The van der Waals surface area contributed by atoms with Crippen LogP contribution in [0.4, 0.5) is 5.82 Å². The van der Waals surface area contributed by atoms with E-state index < -0.39 is 0 Å². The van der Waals surface area contributed by atoms with E-state index in [2.05, 4.69) is 23.9 Å². The predicted molar refractivity (Wildman–Crippen MR) is 74.2 cm³/mol. The number of aldehydes is 1. The molecule has 1 aromatic heterocycles. The minimum Gasteiger partial charge on any atom is -0.356 e. The van der Waals surface area contributed by atoms with Gasteiger partial charge in [-0.3, -0.25) is 4.79 Å². The Morgan fingerprint density at radius 1 is 1.33 bits per heavy atom. The Hall–Kier alpha value is -1.38. The van der Waals surface area contributed by atoms with Gasteiger partial charge in [-0.15, -0.1) is 0 Å². The molecule has 1 aliphatic carbocycles. The van der Waals surface area contributed by atoms with Gasteiger partial charge in [0, 0.05) is 24.8 Å². The van der Waals surface area contributed by atoms with Gasteiger partial charge in [-0.05, 0) is 50.2 Å². The molecular weight excluding hydrogens is 224 g/mol. The molecule has 0 spiro atoms. The number of anilines is 1. The van der Waals surface area contributed by atoms with Crippen LogP contribution in [0.15, 0.2) is 12.3 Å². The van der Waals surface area contributed by atoms with E-state index in [4.69, 9.17) is 0 Å². The quantitative estimate of drug-likeness (QED) is 0.768. The predicted octanol–water partition coefficient (Wildman–Crippen LogP) is 3.22. The lowest BCUT2D eigenvalue weighted by Crippen LogP contribution is -2.35. The zero-order chi connectivity index (χ0) is 13.1. The molecule has 3 heteroatoms. The molecule has 0 unspecified atom stereocenters. The highest BCUT2D eigenvalue weighted by Crippen LogP contribution is 2.29. The van der Waals surface area contributed by atoms with Gasteiger partial charge in [-0.1, -0.05) is 6.92 Å². The van der Waals surface area contributed by atoms with Gasteiger partial charge in [0.05, 0.1) is 0 Å². The van der Waals surface area contributed by atoms with Gasteiger partial charge >= 0.3 is 0 Å². The molecule has 98 valence electrons. The van der Waals surface area contributed by atoms with Crippen LogP contribution in [0, 0.1) is 12.8 Å². The van der Waals surface area contributed by atoms with Crippen LogP contribution >= 0.6 is 0 Å². The summed E-state index contributed by atoms with van der Waals surface area (Å²) < 4.78 is 0. The second-order valence-electron chi connectivity index (χ2n) is 5.55. The van der Waals surface area contributed by atoms with Crippen molar-refractivity contribution in [3.8, 4) is 0 Å². The SMILES string of the molecule is Cc1cc(C=O)cnc1N(C)C1CCC(C)CC1. The summed E-state index contributed by atoms with van der Waals surface area (Å²) in [7, 11) is 2.12. The molecule has 1 saturated carbocycles. The smallest absolute Gasteiger partial charge is 0.151 e. The van der Waals surface area contributed by atoms with Crippen molar-refractivity contribution >= 4 is 12.1 Å². The number of hydrogen-bond donors (Lipinski definition) is 0. The van der Waals surface area contributed by atoms with E-state index in [1.165, 1.54) is 25.7 Å². The maximum absolute atomic E-state index is 10.7. The lowest BCUT2D eigenvalue weighted by atomic mass is 9.86. The Bertz CT molecular complexity index is 423. The molecule has 3 nitrogen and oxygen atoms in total. The molecule has 1 heterocycles. The van der Waals surface area contributed by atoms with E-state index in [0.717, 1.165) is 23.6 Å². The topological polar surface area (TPSA) is 33.2 Å². The number of pyridine rings is 1. The van der Waals surface area contributed by atoms with Crippen LogP contribution in [0.1, 0.15) is 48.5 Å². The van der Waals surface area contributed by atoms with Crippen LogP contribution in [0.2, 0.25) is 0 Å². The number of aryl methyl sites for hydroxylation is 1. The van der Waals surface area contributed by atoms with Crippen LogP contribution in [-0.4, -0.2) is 24.4 Å². The molecule has 0 aromatic carbocycles. The first kappa shape index (κ1) is 13.1. The first-order valence-corrected chi connectivity index (χ1v) is 6.76. The van der Waals surface area contributed by atoms with Gasteiger partial charge in [-0.25, -0.2) is 4.98 Å². The summed E-state index contributed by atoms with van der Waals surface area (Å²) in [5, 5.41) is 0. The summed E-state index contributed by atoms with van der Waals surface area (Å²) in [6, 6.07) is 2.51. The van der Waals surface area contributed by atoms with Crippen molar-refractivity contribution in [2.45, 2.75) is 45.6 Å².